The summed E-state index contributed by atoms with van der Waals surface area (Å²) in [6.45, 7) is 1.58. The first-order chi connectivity index (χ1) is 15.1. The Morgan fingerprint density at radius 2 is 1.91 bits per heavy atom. The third-order valence-corrected chi connectivity index (χ3v) is 5.77. The molecule has 32 heavy (non-hydrogen) atoms. The Labute approximate surface area is 183 Å². The summed E-state index contributed by atoms with van der Waals surface area (Å²) in [5.74, 6) is -1.83. The van der Waals surface area contributed by atoms with E-state index in [1.165, 1.54) is 13.2 Å². The van der Waals surface area contributed by atoms with Gasteiger partial charge in [0.25, 0.3) is 0 Å². The van der Waals surface area contributed by atoms with Gasteiger partial charge in [-0.2, -0.15) is 5.26 Å². The highest BCUT2D eigenvalue weighted by atomic mass is 32.2. The van der Waals surface area contributed by atoms with Crippen molar-refractivity contribution in [3.05, 3.63) is 58.0 Å². The quantitative estimate of drug-likeness (QED) is 0.507. The number of hydrogen-bond acceptors (Lipinski definition) is 6. The molecule has 0 bridgehead atoms. The number of nitriles is 1. The van der Waals surface area contributed by atoms with Gasteiger partial charge in [0.05, 0.1) is 37.1 Å². The molecule has 0 N–H and O–H groups in total. The molecule has 3 rings (SSSR count). The molecule has 11 heteroatoms. The molecule has 0 unspecified atom stereocenters. The second-order valence-electron chi connectivity index (χ2n) is 7.10. The summed E-state index contributed by atoms with van der Waals surface area (Å²) in [4.78, 5) is 13.2. The minimum atomic E-state index is -3.67. The molecule has 0 amide bonds. The fourth-order valence-electron chi connectivity index (χ4n) is 3.61. The van der Waals surface area contributed by atoms with E-state index in [2.05, 4.69) is 0 Å². The van der Waals surface area contributed by atoms with Crippen LogP contribution in [0.4, 0.5) is 8.78 Å². The molecule has 2 aromatic carbocycles. The first kappa shape index (κ1) is 23.3. The number of sulfone groups is 1. The van der Waals surface area contributed by atoms with Gasteiger partial charge < -0.3 is 9.47 Å². The van der Waals surface area contributed by atoms with Gasteiger partial charge in [0.1, 0.15) is 27.7 Å². The van der Waals surface area contributed by atoms with Gasteiger partial charge in [-0.3, -0.25) is 9.13 Å². The molecular weight excluding hydrogens is 444 g/mol. The Kier molecular flexibility index (Phi) is 6.55. The van der Waals surface area contributed by atoms with Crippen LogP contribution in [0.2, 0.25) is 0 Å². The molecule has 0 aliphatic heterocycles. The fraction of sp³-hybridized carbons (Fsp3) is 0.333. The molecule has 0 spiro atoms. The van der Waals surface area contributed by atoms with Crippen molar-refractivity contribution in [1.82, 2.24) is 9.13 Å². The van der Waals surface area contributed by atoms with Crippen molar-refractivity contribution < 1.29 is 26.7 Å². The lowest BCUT2D eigenvalue weighted by Crippen LogP contribution is -2.31. The third-order valence-electron chi connectivity index (χ3n) is 4.85. The maximum atomic E-state index is 14.9. The first-order valence-electron chi connectivity index (χ1n) is 9.56. The highest BCUT2D eigenvalue weighted by Gasteiger charge is 2.28. The van der Waals surface area contributed by atoms with E-state index in [0.29, 0.717) is 29.7 Å². The van der Waals surface area contributed by atoms with Crippen LogP contribution in [0.3, 0.4) is 0 Å². The van der Waals surface area contributed by atoms with Crippen LogP contribution in [0, 0.1) is 23.0 Å². The molecule has 0 aliphatic rings. The van der Waals surface area contributed by atoms with Crippen LogP contribution in [0.1, 0.15) is 18.5 Å². The molecule has 0 radical (unpaired) electrons. The Balaban J connectivity index is 2.38. The maximum absolute atomic E-state index is 14.9. The van der Waals surface area contributed by atoms with E-state index in [9.17, 15) is 22.0 Å². The largest absolute Gasteiger partial charge is 0.493 e. The molecular formula is C21H21F2N3O5S. The molecule has 3 aromatic rings. The SMILES string of the molecule is CCOc1cc([C@@H](CS(C)(=O)=O)n2c(=O)n(CC#N)c3cc(F)cc(F)c32)ccc1OC. The van der Waals surface area contributed by atoms with Crippen molar-refractivity contribution in [2.24, 2.45) is 0 Å². The van der Waals surface area contributed by atoms with Gasteiger partial charge in [0.2, 0.25) is 0 Å². The van der Waals surface area contributed by atoms with Gasteiger partial charge in [-0.1, -0.05) is 6.07 Å². The minimum Gasteiger partial charge on any atom is -0.493 e. The molecule has 0 saturated carbocycles. The lowest BCUT2D eigenvalue weighted by molar-refractivity contribution is 0.310. The summed E-state index contributed by atoms with van der Waals surface area (Å²) < 4.78 is 65.9. The zero-order valence-corrected chi connectivity index (χ0v) is 18.4. The number of ether oxygens (including phenoxy) is 2. The van der Waals surface area contributed by atoms with Crippen molar-refractivity contribution >= 4 is 20.9 Å². The number of benzene rings is 2. The van der Waals surface area contributed by atoms with Gasteiger partial charge in [-0.05, 0) is 24.6 Å². The molecule has 1 aromatic heterocycles. The predicted molar refractivity (Wildman–Crippen MR) is 114 cm³/mol. The van der Waals surface area contributed by atoms with E-state index in [1.807, 2.05) is 0 Å². The Hall–Kier alpha value is -3.39. The average Bonchev–Trinajstić information content (AvgIpc) is 2.98. The topological polar surface area (TPSA) is 103 Å². The molecule has 170 valence electrons. The van der Waals surface area contributed by atoms with Crippen LogP contribution in [-0.4, -0.2) is 43.3 Å². The summed E-state index contributed by atoms with van der Waals surface area (Å²) in [5.41, 5.74) is -0.949. The van der Waals surface area contributed by atoms with Crippen LogP contribution in [0.15, 0.2) is 35.1 Å². The number of halogens is 2. The Bertz CT molecular complexity index is 1370. The summed E-state index contributed by atoms with van der Waals surface area (Å²) in [6.07, 6.45) is 0.989. The third kappa shape index (κ3) is 4.45. The highest BCUT2D eigenvalue weighted by Crippen LogP contribution is 2.33. The zero-order chi connectivity index (χ0) is 23.6. The molecule has 1 atom stereocenters. The molecule has 1 heterocycles. The maximum Gasteiger partial charge on any atom is 0.330 e. The van der Waals surface area contributed by atoms with Gasteiger partial charge >= 0.3 is 5.69 Å². The van der Waals surface area contributed by atoms with Crippen molar-refractivity contribution in [3.63, 3.8) is 0 Å². The number of aromatic nitrogens is 2. The Morgan fingerprint density at radius 3 is 2.50 bits per heavy atom. The average molecular weight is 465 g/mol. The summed E-state index contributed by atoms with van der Waals surface area (Å²) >= 11 is 0. The van der Waals surface area contributed by atoms with Crippen LogP contribution < -0.4 is 15.2 Å². The lowest BCUT2D eigenvalue weighted by Gasteiger charge is -2.20. The smallest absolute Gasteiger partial charge is 0.330 e. The molecule has 0 aliphatic carbocycles. The van der Waals surface area contributed by atoms with Crippen molar-refractivity contribution in [3.8, 4) is 17.6 Å². The van der Waals surface area contributed by atoms with Crippen molar-refractivity contribution in [1.29, 1.82) is 5.26 Å². The van der Waals surface area contributed by atoms with E-state index in [1.54, 1.807) is 25.1 Å². The van der Waals surface area contributed by atoms with Gasteiger partial charge in [0, 0.05) is 18.4 Å². The van der Waals surface area contributed by atoms with Crippen LogP contribution in [0.25, 0.3) is 11.0 Å². The Morgan fingerprint density at radius 1 is 1.19 bits per heavy atom. The fourth-order valence-corrected chi connectivity index (χ4v) is 4.53. The highest BCUT2D eigenvalue weighted by molar-refractivity contribution is 7.90. The monoisotopic (exact) mass is 465 g/mol. The van der Waals surface area contributed by atoms with Crippen LogP contribution >= 0.6 is 0 Å². The summed E-state index contributed by atoms with van der Waals surface area (Å²) in [5, 5.41) is 9.11. The van der Waals surface area contributed by atoms with E-state index in [-0.39, 0.29) is 11.0 Å². The second-order valence-corrected chi connectivity index (χ2v) is 9.29. The minimum absolute atomic E-state index is 0.147. The number of imidazole rings is 1. The van der Waals surface area contributed by atoms with Crippen molar-refractivity contribution in [2.75, 3.05) is 25.7 Å². The summed E-state index contributed by atoms with van der Waals surface area (Å²) in [6, 6.07) is 6.75. The number of rotatable bonds is 8. The van der Waals surface area contributed by atoms with E-state index >= 15 is 0 Å². The lowest BCUT2D eigenvalue weighted by atomic mass is 10.1. The van der Waals surface area contributed by atoms with Gasteiger partial charge in [0.15, 0.2) is 17.3 Å². The van der Waals surface area contributed by atoms with Gasteiger partial charge in [-0.25, -0.2) is 22.0 Å². The summed E-state index contributed by atoms with van der Waals surface area (Å²) in [7, 11) is -2.23. The van der Waals surface area contributed by atoms with Crippen LogP contribution in [-0.2, 0) is 16.4 Å². The number of hydrogen-bond donors (Lipinski definition) is 0. The normalized spacial score (nSPS) is 12.5. The second kappa shape index (κ2) is 9.00. The van der Waals surface area contributed by atoms with Crippen LogP contribution in [0.5, 0.6) is 11.5 Å². The molecule has 0 saturated heterocycles. The zero-order valence-electron chi connectivity index (χ0n) is 17.6. The predicted octanol–water partition coefficient (Wildman–Crippen LogP) is 2.65. The van der Waals surface area contributed by atoms with E-state index < -0.39 is 45.5 Å². The van der Waals surface area contributed by atoms with Crippen molar-refractivity contribution in [2.45, 2.75) is 19.5 Å². The number of fused-ring (bicyclic) bond motifs is 1. The van der Waals surface area contributed by atoms with E-state index in [4.69, 9.17) is 14.7 Å². The molecule has 8 nitrogen and oxygen atoms in total. The number of methoxy groups -OCH3 is 1. The number of nitrogens with zero attached hydrogens (tertiary/aromatic N) is 3. The first-order valence-corrected chi connectivity index (χ1v) is 11.6. The van der Waals surface area contributed by atoms with E-state index in [0.717, 1.165) is 21.5 Å². The molecule has 0 fully saturated rings. The standard InChI is InChI=1S/C21H21F2N3O5S/c1-4-31-19-9-13(5-6-18(19)30-2)17(12-32(3,28)29)26-20-15(23)10-14(22)11-16(20)25(8-7-24)21(26)27/h5-6,9-11,17H,4,8,12H2,1-3H3/t17-/m1/s1. The van der Waals surface area contributed by atoms with Gasteiger partial charge in [-0.15, -0.1) is 0 Å².